The fraction of sp³-hybridized carbons (Fsp3) is 0. The standard InChI is InChI=1S/C8H7N3O2/c9-5-2-1-3-6-10-7(12)4-8(13)11(5)6/h1-4,12H,9H2. The number of fused-ring (bicyclic) bond motifs is 1. The fourth-order valence-electron chi connectivity index (χ4n) is 1.17. The van der Waals surface area contributed by atoms with Crippen LogP contribution in [0.2, 0.25) is 0 Å². The molecule has 0 aliphatic rings. The summed E-state index contributed by atoms with van der Waals surface area (Å²) in [4.78, 5) is 15.0. The highest BCUT2D eigenvalue weighted by molar-refractivity contribution is 5.47. The van der Waals surface area contributed by atoms with E-state index in [1.807, 2.05) is 0 Å². The summed E-state index contributed by atoms with van der Waals surface area (Å²) >= 11 is 0. The van der Waals surface area contributed by atoms with Gasteiger partial charge < -0.3 is 10.8 Å². The second-order valence-electron chi connectivity index (χ2n) is 2.60. The second-order valence-corrected chi connectivity index (χ2v) is 2.60. The molecular weight excluding hydrogens is 170 g/mol. The van der Waals surface area contributed by atoms with Crippen molar-refractivity contribution < 1.29 is 5.11 Å². The molecule has 2 rings (SSSR count). The van der Waals surface area contributed by atoms with E-state index in [1.165, 1.54) is 4.40 Å². The van der Waals surface area contributed by atoms with Gasteiger partial charge in [0, 0.05) is 0 Å². The summed E-state index contributed by atoms with van der Waals surface area (Å²) in [6.07, 6.45) is 0. The Morgan fingerprint density at radius 1 is 1.46 bits per heavy atom. The lowest BCUT2D eigenvalue weighted by Gasteiger charge is -2.02. The topological polar surface area (TPSA) is 80.6 Å². The third kappa shape index (κ3) is 1.10. The molecule has 5 heteroatoms. The molecule has 2 aromatic rings. The molecule has 0 aliphatic carbocycles. The summed E-state index contributed by atoms with van der Waals surface area (Å²) in [6, 6.07) is 5.87. The molecule has 66 valence electrons. The number of pyridine rings is 1. The minimum Gasteiger partial charge on any atom is -0.493 e. The Hall–Kier alpha value is -2.04. The average Bonchev–Trinajstić information content (AvgIpc) is 2.02. The van der Waals surface area contributed by atoms with Crippen LogP contribution >= 0.6 is 0 Å². The number of aromatic hydroxyl groups is 1. The molecule has 0 fully saturated rings. The molecular formula is C8H7N3O2. The van der Waals surface area contributed by atoms with Crippen LogP contribution in [0.1, 0.15) is 0 Å². The van der Waals surface area contributed by atoms with Crippen LogP contribution in [0.3, 0.4) is 0 Å². The number of hydrogen-bond acceptors (Lipinski definition) is 4. The molecule has 0 bridgehead atoms. The van der Waals surface area contributed by atoms with Gasteiger partial charge in [-0.15, -0.1) is 0 Å². The van der Waals surface area contributed by atoms with Gasteiger partial charge in [0.05, 0.1) is 6.07 Å². The third-order valence-electron chi connectivity index (χ3n) is 1.70. The van der Waals surface area contributed by atoms with E-state index < -0.39 is 0 Å². The van der Waals surface area contributed by atoms with Gasteiger partial charge in [-0.25, -0.2) is 4.40 Å². The minimum absolute atomic E-state index is 0.296. The average molecular weight is 177 g/mol. The highest BCUT2D eigenvalue weighted by atomic mass is 16.3. The van der Waals surface area contributed by atoms with E-state index in [1.54, 1.807) is 18.2 Å². The van der Waals surface area contributed by atoms with E-state index in [-0.39, 0.29) is 11.4 Å². The Kier molecular flexibility index (Phi) is 1.45. The summed E-state index contributed by atoms with van der Waals surface area (Å²) in [5.41, 5.74) is 5.50. The van der Waals surface area contributed by atoms with Gasteiger partial charge in [-0.1, -0.05) is 6.07 Å². The van der Waals surface area contributed by atoms with E-state index in [0.29, 0.717) is 11.5 Å². The van der Waals surface area contributed by atoms with Crippen LogP contribution in [0.25, 0.3) is 5.65 Å². The zero-order valence-electron chi connectivity index (χ0n) is 6.64. The van der Waals surface area contributed by atoms with E-state index in [2.05, 4.69) is 4.98 Å². The number of anilines is 1. The lowest BCUT2D eigenvalue weighted by Crippen LogP contribution is -2.16. The summed E-state index contributed by atoms with van der Waals surface area (Å²) in [5, 5.41) is 9.04. The van der Waals surface area contributed by atoms with Gasteiger partial charge in [0.15, 0.2) is 0 Å². The van der Waals surface area contributed by atoms with Crippen molar-refractivity contribution >= 4 is 11.5 Å². The van der Waals surface area contributed by atoms with Gasteiger partial charge in [0.1, 0.15) is 11.5 Å². The smallest absolute Gasteiger partial charge is 0.263 e. The molecule has 0 aliphatic heterocycles. The van der Waals surface area contributed by atoms with Crippen molar-refractivity contribution in [1.82, 2.24) is 9.38 Å². The first-order valence-electron chi connectivity index (χ1n) is 3.66. The molecule has 0 atom stereocenters. The number of nitrogen functional groups attached to an aromatic ring is 1. The summed E-state index contributed by atoms with van der Waals surface area (Å²) < 4.78 is 1.22. The predicted molar refractivity (Wildman–Crippen MR) is 47.5 cm³/mol. The Morgan fingerprint density at radius 3 is 3.00 bits per heavy atom. The Bertz CT molecular complexity index is 518. The highest BCUT2D eigenvalue weighted by Crippen LogP contribution is 2.07. The largest absolute Gasteiger partial charge is 0.493 e. The molecule has 0 radical (unpaired) electrons. The van der Waals surface area contributed by atoms with Crippen LogP contribution in [0.15, 0.2) is 29.1 Å². The molecule has 0 spiro atoms. The van der Waals surface area contributed by atoms with Gasteiger partial charge in [0.2, 0.25) is 5.88 Å². The first-order valence-corrected chi connectivity index (χ1v) is 3.66. The van der Waals surface area contributed by atoms with Gasteiger partial charge in [-0.3, -0.25) is 4.79 Å². The second kappa shape index (κ2) is 2.48. The van der Waals surface area contributed by atoms with Crippen LogP contribution in [0, 0.1) is 0 Å². The van der Waals surface area contributed by atoms with Gasteiger partial charge in [-0.05, 0) is 12.1 Å². The van der Waals surface area contributed by atoms with Crippen LogP contribution < -0.4 is 11.3 Å². The summed E-state index contributed by atoms with van der Waals surface area (Å²) in [7, 11) is 0. The van der Waals surface area contributed by atoms with Crippen molar-refractivity contribution in [3.05, 3.63) is 34.6 Å². The monoisotopic (exact) mass is 177 g/mol. The zero-order valence-corrected chi connectivity index (χ0v) is 6.64. The van der Waals surface area contributed by atoms with E-state index >= 15 is 0 Å². The molecule has 2 heterocycles. The first kappa shape index (κ1) is 7.60. The van der Waals surface area contributed by atoms with E-state index in [0.717, 1.165) is 6.07 Å². The maximum absolute atomic E-state index is 11.3. The fourth-order valence-corrected chi connectivity index (χ4v) is 1.17. The number of nitrogens with zero attached hydrogens (tertiary/aromatic N) is 2. The molecule has 0 aromatic carbocycles. The molecule has 0 saturated carbocycles. The number of rotatable bonds is 0. The summed E-state index contributed by atoms with van der Waals surface area (Å²) in [6.45, 7) is 0. The van der Waals surface area contributed by atoms with Crippen molar-refractivity contribution in [2.75, 3.05) is 5.73 Å². The van der Waals surface area contributed by atoms with Crippen LogP contribution in [-0.2, 0) is 0 Å². The van der Waals surface area contributed by atoms with Gasteiger partial charge in [-0.2, -0.15) is 4.98 Å². The van der Waals surface area contributed by atoms with Crippen LogP contribution in [0.4, 0.5) is 5.82 Å². The van der Waals surface area contributed by atoms with Crippen molar-refractivity contribution in [3.63, 3.8) is 0 Å². The quantitative estimate of drug-likeness (QED) is 0.592. The van der Waals surface area contributed by atoms with E-state index in [4.69, 9.17) is 10.8 Å². The molecule has 5 nitrogen and oxygen atoms in total. The predicted octanol–water partition coefficient (Wildman–Crippen LogP) is -0.0177. The van der Waals surface area contributed by atoms with Crippen molar-refractivity contribution in [2.24, 2.45) is 0 Å². The molecule has 0 amide bonds. The molecule has 13 heavy (non-hydrogen) atoms. The Labute approximate surface area is 73.1 Å². The number of nitrogens with two attached hydrogens (primary N) is 1. The van der Waals surface area contributed by atoms with Gasteiger partial charge in [0.25, 0.3) is 5.56 Å². The Morgan fingerprint density at radius 2 is 2.23 bits per heavy atom. The van der Waals surface area contributed by atoms with Crippen molar-refractivity contribution in [3.8, 4) is 5.88 Å². The van der Waals surface area contributed by atoms with Crippen molar-refractivity contribution in [2.45, 2.75) is 0 Å². The lowest BCUT2D eigenvalue weighted by atomic mass is 10.4. The molecule has 0 saturated heterocycles. The lowest BCUT2D eigenvalue weighted by molar-refractivity contribution is 0.453. The SMILES string of the molecule is Nc1cccc2nc(O)cc(=O)n12. The van der Waals surface area contributed by atoms with E-state index in [9.17, 15) is 4.79 Å². The van der Waals surface area contributed by atoms with Crippen LogP contribution in [0.5, 0.6) is 5.88 Å². The molecule has 3 N–H and O–H groups in total. The Balaban J connectivity index is 3.03. The minimum atomic E-state index is -0.388. The maximum atomic E-state index is 11.3. The number of hydrogen-bond donors (Lipinski definition) is 2. The molecule has 2 aromatic heterocycles. The third-order valence-corrected chi connectivity index (χ3v) is 1.70. The summed E-state index contributed by atoms with van der Waals surface area (Å²) in [5.74, 6) is 0.00519. The number of aromatic nitrogens is 2. The van der Waals surface area contributed by atoms with Crippen molar-refractivity contribution in [1.29, 1.82) is 0 Å². The zero-order chi connectivity index (χ0) is 9.42. The van der Waals surface area contributed by atoms with Crippen LogP contribution in [-0.4, -0.2) is 14.5 Å². The maximum Gasteiger partial charge on any atom is 0.263 e. The first-order chi connectivity index (χ1) is 6.18. The normalized spacial score (nSPS) is 10.5. The molecule has 0 unspecified atom stereocenters. The van der Waals surface area contributed by atoms with Gasteiger partial charge >= 0.3 is 0 Å². The highest BCUT2D eigenvalue weighted by Gasteiger charge is 2.01.